The van der Waals surface area contributed by atoms with Crippen LogP contribution in [-0.2, 0) is 9.59 Å². The van der Waals surface area contributed by atoms with Gasteiger partial charge < -0.3 is 0 Å². The number of carbonyl (C=O) groups excluding carboxylic acids is 2. The van der Waals surface area contributed by atoms with E-state index in [9.17, 15) is 9.59 Å². The molecule has 3 atom stereocenters. The molecule has 0 amide bonds. The molecule has 0 aromatic heterocycles. The molecule has 0 radical (unpaired) electrons. The molecule has 1 aromatic rings. The first-order valence-corrected chi connectivity index (χ1v) is 8.90. The molecular weight excluding hydrogens is 308 g/mol. The summed E-state index contributed by atoms with van der Waals surface area (Å²) in [5.74, 6) is 0.491. The van der Waals surface area contributed by atoms with E-state index in [4.69, 9.17) is 0 Å². The third kappa shape index (κ3) is 2.48. The van der Waals surface area contributed by atoms with Gasteiger partial charge in [-0.2, -0.15) is 0 Å². The second-order valence-corrected chi connectivity index (χ2v) is 7.52. The number of rotatable bonds is 1. The fourth-order valence-corrected chi connectivity index (χ4v) is 4.44. The maximum atomic E-state index is 12.7. The summed E-state index contributed by atoms with van der Waals surface area (Å²) in [6.45, 7) is 6.28. The van der Waals surface area contributed by atoms with Crippen LogP contribution >= 0.6 is 0 Å². The SMILES string of the molecule is CC(C)=C(C)C1C2=C(CC3C=c4ccccc4=CC31)C(=O)C=CC2=O. The molecule has 0 aliphatic heterocycles. The fourth-order valence-electron chi connectivity index (χ4n) is 4.44. The largest absolute Gasteiger partial charge is 0.290 e. The van der Waals surface area contributed by atoms with E-state index >= 15 is 0 Å². The van der Waals surface area contributed by atoms with Crippen molar-refractivity contribution in [3.8, 4) is 0 Å². The first kappa shape index (κ1) is 16.0. The van der Waals surface area contributed by atoms with Crippen LogP contribution in [0.5, 0.6) is 0 Å². The van der Waals surface area contributed by atoms with Crippen molar-refractivity contribution in [2.75, 3.05) is 0 Å². The van der Waals surface area contributed by atoms with Crippen molar-refractivity contribution in [1.29, 1.82) is 0 Å². The Morgan fingerprint density at radius 2 is 1.56 bits per heavy atom. The highest BCUT2D eigenvalue weighted by molar-refractivity contribution is 6.21. The number of allylic oxidation sites excluding steroid dienone is 6. The van der Waals surface area contributed by atoms with Crippen LogP contribution < -0.4 is 10.4 Å². The standard InChI is InChI=1S/C23H22O2/c1-13(2)14(3)22-18-11-16-7-5-4-6-15(16)10-17(18)12-19-20(24)8-9-21(25)23(19)22/h4-11,17-18,22H,12H2,1-3H3. The lowest BCUT2D eigenvalue weighted by molar-refractivity contribution is -0.116. The van der Waals surface area contributed by atoms with Gasteiger partial charge in [0.2, 0.25) is 0 Å². The van der Waals surface area contributed by atoms with Gasteiger partial charge in [-0.05, 0) is 61.6 Å². The van der Waals surface area contributed by atoms with Gasteiger partial charge in [-0.25, -0.2) is 0 Å². The Bertz CT molecular complexity index is 997. The van der Waals surface area contributed by atoms with Crippen molar-refractivity contribution in [3.05, 3.63) is 69.1 Å². The lowest BCUT2D eigenvalue weighted by atomic mass is 9.62. The summed E-state index contributed by atoms with van der Waals surface area (Å²) in [7, 11) is 0. The summed E-state index contributed by atoms with van der Waals surface area (Å²) in [6, 6.07) is 8.36. The van der Waals surface area contributed by atoms with E-state index in [1.54, 1.807) is 0 Å². The Kier molecular flexibility index (Phi) is 3.72. The van der Waals surface area contributed by atoms with Gasteiger partial charge in [0.05, 0.1) is 0 Å². The third-order valence-electron chi connectivity index (χ3n) is 5.92. The molecule has 25 heavy (non-hydrogen) atoms. The maximum absolute atomic E-state index is 12.7. The maximum Gasteiger partial charge on any atom is 0.183 e. The van der Waals surface area contributed by atoms with Gasteiger partial charge in [0.15, 0.2) is 11.6 Å². The molecule has 0 fully saturated rings. The summed E-state index contributed by atoms with van der Waals surface area (Å²) in [4.78, 5) is 25.2. The highest BCUT2D eigenvalue weighted by atomic mass is 16.1. The monoisotopic (exact) mass is 330 g/mol. The van der Waals surface area contributed by atoms with E-state index in [1.807, 2.05) is 6.07 Å². The first-order valence-electron chi connectivity index (χ1n) is 8.90. The minimum atomic E-state index is -0.00949. The number of benzene rings is 1. The molecule has 2 heteroatoms. The summed E-state index contributed by atoms with van der Waals surface area (Å²) < 4.78 is 0. The van der Waals surface area contributed by atoms with Gasteiger partial charge in [0.25, 0.3) is 0 Å². The normalized spacial score (nSPS) is 26.9. The van der Waals surface area contributed by atoms with Gasteiger partial charge in [0.1, 0.15) is 0 Å². The summed E-state index contributed by atoms with van der Waals surface area (Å²) in [5, 5.41) is 2.45. The molecule has 0 saturated carbocycles. The molecule has 0 saturated heterocycles. The average molecular weight is 330 g/mol. The van der Waals surface area contributed by atoms with E-state index in [2.05, 4.69) is 51.1 Å². The van der Waals surface area contributed by atoms with Crippen LogP contribution in [0.2, 0.25) is 0 Å². The van der Waals surface area contributed by atoms with E-state index in [1.165, 1.54) is 33.7 Å². The molecule has 3 aliphatic carbocycles. The molecule has 3 aliphatic rings. The van der Waals surface area contributed by atoms with Crippen LogP contribution in [0.3, 0.4) is 0 Å². The van der Waals surface area contributed by atoms with Crippen molar-refractivity contribution in [2.45, 2.75) is 27.2 Å². The van der Waals surface area contributed by atoms with Crippen LogP contribution in [0.4, 0.5) is 0 Å². The van der Waals surface area contributed by atoms with E-state index in [0.29, 0.717) is 6.42 Å². The lowest BCUT2D eigenvalue weighted by Gasteiger charge is -2.40. The summed E-state index contributed by atoms with van der Waals surface area (Å²) in [6.07, 6.45) is 8.17. The quantitative estimate of drug-likeness (QED) is 0.586. The second kappa shape index (κ2) is 5.80. The van der Waals surface area contributed by atoms with Gasteiger partial charge in [-0.3, -0.25) is 9.59 Å². The van der Waals surface area contributed by atoms with Crippen LogP contribution in [0, 0.1) is 17.8 Å². The lowest BCUT2D eigenvalue weighted by Crippen LogP contribution is -2.41. The van der Waals surface area contributed by atoms with Crippen LogP contribution in [0.25, 0.3) is 12.2 Å². The average Bonchev–Trinajstić information content (AvgIpc) is 2.61. The van der Waals surface area contributed by atoms with Crippen molar-refractivity contribution in [3.63, 3.8) is 0 Å². The van der Waals surface area contributed by atoms with Crippen molar-refractivity contribution < 1.29 is 9.59 Å². The molecular formula is C23H22O2. The van der Waals surface area contributed by atoms with Crippen molar-refractivity contribution >= 4 is 23.7 Å². The number of ketones is 2. The number of hydrogen-bond donors (Lipinski definition) is 0. The van der Waals surface area contributed by atoms with Gasteiger partial charge in [-0.15, -0.1) is 0 Å². The predicted octanol–water partition coefficient (Wildman–Crippen LogP) is 2.87. The zero-order chi connectivity index (χ0) is 17.7. The van der Waals surface area contributed by atoms with Crippen LogP contribution in [0.15, 0.2) is 58.7 Å². The van der Waals surface area contributed by atoms with Crippen molar-refractivity contribution in [2.24, 2.45) is 17.8 Å². The highest BCUT2D eigenvalue weighted by Gasteiger charge is 2.42. The van der Waals surface area contributed by atoms with E-state index in [-0.39, 0.29) is 29.3 Å². The molecule has 4 rings (SSSR count). The Balaban J connectivity index is 1.97. The number of carbonyl (C=O) groups is 2. The minimum Gasteiger partial charge on any atom is -0.290 e. The zero-order valence-corrected chi connectivity index (χ0v) is 14.9. The van der Waals surface area contributed by atoms with E-state index in [0.717, 1.165) is 11.1 Å². The minimum absolute atomic E-state index is 0.00547. The van der Waals surface area contributed by atoms with Gasteiger partial charge in [-0.1, -0.05) is 47.6 Å². The molecule has 0 N–H and O–H groups in total. The number of hydrogen-bond acceptors (Lipinski definition) is 2. The van der Waals surface area contributed by atoms with E-state index < -0.39 is 0 Å². The van der Waals surface area contributed by atoms with Crippen LogP contribution in [-0.4, -0.2) is 11.6 Å². The highest BCUT2D eigenvalue weighted by Crippen LogP contribution is 2.47. The Morgan fingerprint density at radius 3 is 2.24 bits per heavy atom. The topological polar surface area (TPSA) is 34.1 Å². The third-order valence-corrected chi connectivity index (χ3v) is 5.92. The summed E-state index contributed by atoms with van der Waals surface area (Å²) in [5.41, 5.74) is 3.89. The Labute approximate surface area is 147 Å². The second-order valence-electron chi connectivity index (χ2n) is 7.52. The molecule has 126 valence electrons. The molecule has 3 unspecified atom stereocenters. The van der Waals surface area contributed by atoms with Gasteiger partial charge >= 0.3 is 0 Å². The van der Waals surface area contributed by atoms with Gasteiger partial charge in [0, 0.05) is 17.1 Å². The molecule has 0 spiro atoms. The molecule has 0 heterocycles. The Morgan fingerprint density at radius 1 is 0.920 bits per heavy atom. The molecule has 1 aromatic carbocycles. The fraction of sp³-hybridized carbons (Fsp3) is 0.304. The summed E-state index contributed by atoms with van der Waals surface area (Å²) >= 11 is 0. The molecule has 0 bridgehead atoms. The smallest absolute Gasteiger partial charge is 0.183 e. The predicted molar refractivity (Wildman–Crippen MR) is 99.9 cm³/mol. The first-order chi connectivity index (χ1) is 12.0. The van der Waals surface area contributed by atoms with Crippen molar-refractivity contribution in [1.82, 2.24) is 0 Å². The number of fused-ring (bicyclic) bond motifs is 2. The molecule has 2 nitrogen and oxygen atoms in total. The van der Waals surface area contributed by atoms with Crippen LogP contribution in [0.1, 0.15) is 27.2 Å². The zero-order valence-electron chi connectivity index (χ0n) is 14.9. The Hall–Kier alpha value is -2.48.